The Bertz CT molecular complexity index is 115. The lowest BCUT2D eigenvalue weighted by atomic mass is 10.3. The fourth-order valence-electron chi connectivity index (χ4n) is 0.866. The number of nitrogens with one attached hydrogen (secondary N) is 1. The van der Waals surface area contributed by atoms with E-state index in [1.807, 2.05) is 13.8 Å². The van der Waals surface area contributed by atoms with Crippen molar-refractivity contribution in [3.05, 3.63) is 0 Å². The first-order valence-electron chi connectivity index (χ1n) is 3.99. The normalized spacial score (nSPS) is 12.6. The molecule has 0 aromatic carbocycles. The van der Waals surface area contributed by atoms with Gasteiger partial charge in [-0.3, -0.25) is 4.79 Å². The van der Waals surface area contributed by atoms with Gasteiger partial charge in [0.1, 0.15) is 0 Å². The molecule has 1 N–H and O–H groups in total. The van der Waals surface area contributed by atoms with Crippen molar-refractivity contribution in [1.82, 2.24) is 5.32 Å². The minimum Gasteiger partial charge on any atom is -0.383 e. The number of methoxy groups -OCH3 is 1. The zero-order valence-corrected chi connectivity index (χ0v) is 7.52. The highest BCUT2D eigenvalue weighted by Gasteiger charge is 2.04. The molecule has 0 aromatic rings. The van der Waals surface area contributed by atoms with Crippen LogP contribution in [-0.4, -0.2) is 25.7 Å². The summed E-state index contributed by atoms with van der Waals surface area (Å²) in [5, 5.41) is 2.82. The molecule has 1 atom stereocenters. The third-order valence-electron chi connectivity index (χ3n) is 1.30. The summed E-state index contributed by atoms with van der Waals surface area (Å²) in [6, 6.07) is 0.124. The Morgan fingerprint density at radius 3 is 2.73 bits per heavy atom. The number of rotatable bonds is 5. The topological polar surface area (TPSA) is 38.3 Å². The number of ether oxygens (including phenoxy) is 1. The van der Waals surface area contributed by atoms with Crippen LogP contribution in [0, 0.1) is 0 Å². The predicted molar refractivity (Wildman–Crippen MR) is 44.4 cm³/mol. The van der Waals surface area contributed by atoms with E-state index in [0.717, 1.165) is 6.42 Å². The lowest BCUT2D eigenvalue weighted by molar-refractivity contribution is -0.122. The molecule has 0 aliphatic carbocycles. The summed E-state index contributed by atoms with van der Waals surface area (Å²) in [4.78, 5) is 11.0. The van der Waals surface area contributed by atoms with Crippen LogP contribution in [0.4, 0.5) is 0 Å². The van der Waals surface area contributed by atoms with Gasteiger partial charge < -0.3 is 10.1 Å². The van der Waals surface area contributed by atoms with Crippen molar-refractivity contribution in [3.8, 4) is 0 Å². The number of carbonyl (C=O) groups excluding carboxylic acids is 1. The number of hydrogen-bond donors (Lipinski definition) is 1. The van der Waals surface area contributed by atoms with Gasteiger partial charge in [-0.2, -0.15) is 0 Å². The Morgan fingerprint density at radius 1 is 1.64 bits per heavy atom. The van der Waals surface area contributed by atoms with Gasteiger partial charge >= 0.3 is 0 Å². The van der Waals surface area contributed by atoms with Crippen molar-refractivity contribution in [2.45, 2.75) is 32.7 Å². The van der Waals surface area contributed by atoms with E-state index in [1.165, 1.54) is 0 Å². The average molecular weight is 159 g/mol. The molecule has 1 unspecified atom stereocenters. The summed E-state index contributed by atoms with van der Waals surface area (Å²) in [6.07, 6.45) is 1.50. The van der Waals surface area contributed by atoms with E-state index in [-0.39, 0.29) is 11.9 Å². The number of amides is 1. The van der Waals surface area contributed by atoms with Crippen LogP contribution in [0.5, 0.6) is 0 Å². The molecule has 3 nitrogen and oxygen atoms in total. The fourth-order valence-corrected chi connectivity index (χ4v) is 0.866. The van der Waals surface area contributed by atoms with Gasteiger partial charge in [0.25, 0.3) is 0 Å². The Kier molecular flexibility index (Phi) is 5.84. The molecule has 0 rings (SSSR count). The molecule has 0 aromatic heterocycles. The van der Waals surface area contributed by atoms with Crippen LogP contribution in [0.2, 0.25) is 0 Å². The highest BCUT2D eigenvalue weighted by molar-refractivity contribution is 5.76. The van der Waals surface area contributed by atoms with Crippen molar-refractivity contribution < 1.29 is 9.53 Å². The van der Waals surface area contributed by atoms with Gasteiger partial charge in [-0.25, -0.2) is 0 Å². The largest absolute Gasteiger partial charge is 0.383 e. The standard InChI is InChI=1S/C8H17NO2/c1-4-5-8(10)9-7(2)6-11-3/h7H,4-6H2,1-3H3,(H,9,10). The fraction of sp³-hybridized carbons (Fsp3) is 0.875. The second-order valence-electron chi connectivity index (χ2n) is 2.67. The second kappa shape index (κ2) is 6.16. The number of hydrogen-bond acceptors (Lipinski definition) is 2. The molecule has 3 heteroatoms. The van der Waals surface area contributed by atoms with Gasteiger partial charge in [0, 0.05) is 19.6 Å². The van der Waals surface area contributed by atoms with Crippen LogP contribution in [0.1, 0.15) is 26.7 Å². The van der Waals surface area contributed by atoms with Crippen LogP contribution < -0.4 is 5.32 Å². The first-order chi connectivity index (χ1) is 5.20. The predicted octanol–water partition coefficient (Wildman–Crippen LogP) is 0.938. The minimum atomic E-state index is 0.108. The van der Waals surface area contributed by atoms with Gasteiger partial charge in [0.15, 0.2) is 0 Å². The molecule has 0 saturated carbocycles. The van der Waals surface area contributed by atoms with Crippen molar-refractivity contribution in [2.24, 2.45) is 0 Å². The molecule has 0 aliphatic heterocycles. The summed E-state index contributed by atoms with van der Waals surface area (Å²) in [7, 11) is 1.63. The summed E-state index contributed by atoms with van der Waals surface area (Å²) in [5.74, 6) is 0.108. The molecule has 0 spiro atoms. The quantitative estimate of drug-likeness (QED) is 0.648. The molecule has 0 aliphatic rings. The molecular formula is C8H17NO2. The summed E-state index contributed by atoms with van der Waals surface area (Å²) >= 11 is 0. The summed E-state index contributed by atoms with van der Waals surface area (Å²) in [5.41, 5.74) is 0. The summed E-state index contributed by atoms with van der Waals surface area (Å²) in [6.45, 7) is 4.49. The van der Waals surface area contributed by atoms with Gasteiger partial charge in [0.05, 0.1) is 6.61 Å². The van der Waals surface area contributed by atoms with E-state index in [1.54, 1.807) is 7.11 Å². The Labute approximate surface area is 68.1 Å². The van der Waals surface area contributed by atoms with E-state index in [0.29, 0.717) is 13.0 Å². The van der Waals surface area contributed by atoms with Gasteiger partial charge in [0.2, 0.25) is 5.91 Å². The molecule has 1 amide bonds. The maximum absolute atomic E-state index is 11.0. The van der Waals surface area contributed by atoms with Gasteiger partial charge in [-0.05, 0) is 13.3 Å². The highest BCUT2D eigenvalue weighted by atomic mass is 16.5. The van der Waals surface area contributed by atoms with E-state index in [4.69, 9.17) is 4.74 Å². The van der Waals surface area contributed by atoms with Crippen molar-refractivity contribution in [1.29, 1.82) is 0 Å². The molecule has 0 bridgehead atoms. The first-order valence-corrected chi connectivity index (χ1v) is 3.99. The third kappa shape index (κ3) is 5.85. The highest BCUT2D eigenvalue weighted by Crippen LogP contribution is 1.88. The van der Waals surface area contributed by atoms with Crippen molar-refractivity contribution >= 4 is 5.91 Å². The smallest absolute Gasteiger partial charge is 0.220 e. The Morgan fingerprint density at radius 2 is 2.27 bits per heavy atom. The molecule has 0 fully saturated rings. The second-order valence-corrected chi connectivity index (χ2v) is 2.67. The molecule has 0 saturated heterocycles. The van der Waals surface area contributed by atoms with E-state index in [9.17, 15) is 4.79 Å². The third-order valence-corrected chi connectivity index (χ3v) is 1.30. The zero-order chi connectivity index (χ0) is 8.69. The molecule has 0 radical (unpaired) electrons. The van der Waals surface area contributed by atoms with Crippen molar-refractivity contribution in [3.63, 3.8) is 0 Å². The van der Waals surface area contributed by atoms with Crippen LogP contribution >= 0.6 is 0 Å². The lowest BCUT2D eigenvalue weighted by Crippen LogP contribution is -2.35. The minimum absolute atomic E-state index is 0.108. The maximum atomic E-state index is 11.0. The van der Waals surface area contributed by atoms with E-state index < -0.39 is 0 Å². The molecule has 66 valence electrons. The van der Waals surface area contributed by atoms with Crippen LogP contribution in [0.15, 0.2) is 0 Å². The van der Waals surface area contributed by atoms with Gasteiger partial charge in [-0.1, -0.05) is 6.92 Å². The zero-order valence-electron chi connectivity index (χ0n) is 7.52. The van der Waals surface area contributed by atoms with Crippen molar-refractivity contribution in [2.75, 3.05) is 13.7 Å². The van der Waals surface area contributed by atoms with E-state index in [2.05, 4.69) is 5.32 Å². The van der Waals surface area contributed by atoms with Gasteiger partial charge in [-0.15, -0.1) is 0 Å². The maximum Gasteiger partial charge on any atom is 0.220 e. The molecule has 11 heavy (non-hydrogen) atoms. The SMILES string of the molecule is CCCC(=O)NC(C)COC. The van der Waals surface area contributed by atoms with E-state index >= 15 is 0 Å². The Hall–Kier alpha value is -0.570. The first kappa shape index (κ1) is 10.4. The molecular weight excluding hydrogens is 142 g/mol. The monoisotopic (exact) mass is 159 g/mol. The van der Waals surface area contributed by atoms with Crippen LogP contribution in [-0.2, 0) is 9.53 Å². The summed E-state index contributed by atoms with van der Waals surface area (Å²) < 4.78 is 4.87. The van der Waals surface area contributed by atoms with Crippen LogP contribution in [0.3, 0.4) is 0 Å². The average Bonchev–Trinajstić information content (AvgIpc) is 1.87. The molecule has 0 heterocycles. The Balaban J connectivity index is 3.40. The number of carbonyl (C=O) groups is 1. The van der Waals surface area contributed by atoms with Crippen LogP contribution in [0.25, 0.3) is 0 Å². The lowest BCUT2D eigenvalue weighted by Gasteiger charge is -2.11.